The zero-order valence-corrected chi connectivity index (χ0v) is 11.0. The number of likely N-dealkylation sites (tertiary alicyclic amines) is 1. The number of rotatable bonds is 1. The van der Waals surface area contributed by atoms with Gasteiger partial charge in [0.15, 0.2) is 5.69 Å². The predicted molar refractivity (Wildman–Crippen MR) is 62.5 cm³/mol. The second-order valence-electron chi connectivity index (χ2n) is 5.98. The van der Waals surface area contributed by atoms with Crippen LogP contribution in [0.1, 0.15) is 38.3 Å². The van der Waals surface area contributed by atoms with Gasteiger partial charge in [-0.2, -0.15) is 13.2 Å². The number of hydrogen-bond donors (Lipinski definition) is 0. The maximum absolute atomic E-state index is 12.7. The third kappa shape index (κ3) is 2.39. The SMILES string of the molecule is CN1CC(n2cc(C(F)(F)F)nc2C(C)(C)C)C1. The first-order valence-electron chi connectivity index (χ1n) is 5.94. The molecule has 1 fully saturated rings. The molecule has 2 heterocycles. The Labute approximate surface area is 105 Å². The lowest BCUT2D eigenvalue weighted by molar-refractivity contribution is -0.141. The number of nitrogens with zero attached hydrogens (tertiary/aromatic N) is 3. The highest BCUT2D eigenvalue weighted by atomic mass is 19.4. The van der Waals surface area contributed by atoms with Gasteiger partial charge in [-0.25, -0.2) is 4.98 Å². The molecule has 0 spiro atoms. The molecule has 6 heteroatoms. The summed E-state index contributed by atoms with van der Waals surface area (Å²) in [6.07, 6.45) is -3.22. The highest BCUT2D eigenvalue weighted by Gasteiger charge is 2.39. The van der Waals surface area contributed by atoms with Gasteiger partial charge in [-0.3, -0.25) is 0 Å². The molecule has 3 nitrogen and oxygen atoms in total. The number of halogens is 3. The average Bonchev–Trinajstić information content (AvgIpc) is 2.55. The summed E-state index contributed by atoms with van der Waals surface area (Å²) in [4.78, 5) is 5.87. The summed E-state index contributed by atoms with van der Waals surface area (Å²) < 4.78 is 39.9. The predicted octanol–water partition coefficient (Wildman–Crippen LogP) is 2.69. The van der Waals surface area contributed by atoms with Crippen LogP contribution in [0.2, 0.25) is 0 Å². The molecule has 1 aliphatic rings. The van der Waals surface area contributed by atoms with E-state index in [4.69, 9.17) is 0 Å². The fraction of sp³-hybridized carbons (Fsp3) is 0.750. The third-order valence-corrected chi connectivity index (χ3v) is 3.13. The van der Waals surface area contributed by atoms with E-state index in [0.29, 0.717) is 5.82 Å². The van der Waals surface area contributed by atoms with Gasteiger partial charge < -0.3 is 9.47 Å². The summed E-state index contributed by atoms with van der Waals surface area (Å²) in [5.41, 5.74) is -1.18. The van der Waals surface area contributed by atoms with Crippen molar-refractivity contribution in [1.82, 2.24) is 14.5 Å². The van der Waals surface area contributed by atoms with E-state index in [-0.39, 0.29) is 6.04 Å². The van der Waals surface area contributed by atoms with Crippen molar-refractivity contribution in [2.24, 2.45) is 0 Å². The van der Waals surface area contributed by atoms with Gasteiger partial charge in [-0.1, -0.05) is 20.8 Å². The molecule has 102 valence electrons. The zero-order chi connectivity index (χ0) is 13.7. The molecule has 0 amide bonds. The van der Waals surface area contributed by atoms with Crippen LogP contribution in [0, 0.1) is 0 Å². The standard InChI is InChI=1S/C12H18F3N3/c1-11(2,3)10-16-9(12(13,14)15)7-18(10)8-5-17(4)6-8/h7-8H,5-6H2,1-4H3. The largest absolute Gasteiger partial charge is 0.434 e. The van der Waals surface area contributed by atoms with E-state index < -0.39 is 17.3 Å². The van der Waals surface area contributed by atoms with Crippen LogP contribution in [0.3, 0.4) is 0 Å². The molecule has 18 heavy (non-hydrogen) atoms. The summed E-state index contributed by atoms with van der Waals surface area (Å²) >= 11 is 0. The number of imidazole rings is 1. The lowest BCUT2D eigenvalue weighted by Gasteiger charge is -2.39. The topological polar surface area (TPSA) is 21.1 Å². The molecule has 0 N–H and O–H groups in total. The fourth-order valence-corrected chi connectivity index (χ4v) is 2.21. The molecule has 0 bridgehead atoms. The summed E-state index contributed by atoms with van der Waals surface area (Å²) in [6.45, 7) is 7.20. The number of alkyl halides is 3. The minimum atomic E-state index is -4.37. The average molecular weight is 261 g/mol. The lowest BCUT2D eigenvalue weighted by Crippen LogP contribution is -2.45. The monoisotopic (exact) mass is 261 g/mol. The minimum absolute atomic E-state index is 0.104. The van der Waals surface area contributed by atoms with E-state index >= 15 is 0 Å². The second kappa shape index (κ2) is 3.98. The van der Waals surface area contributed by atoms with Gasteiger partial charge in [0.25, 0.3) is 0 Å². The van der Waals surface area contributed by atoms with Gasteiger partial charge in [0, 0.05) is 24.7 Å². The normalized spacial score (nSPS) is 19.1. The van der Waals surface area contributed by atoms with Crippen molar-refractivity contribution < 1.29 is 13.2 Å². The van der Waals surface area contributed by atoms with Crippen molar-refractivity contribution in [3.05, 3.63) is 17.7 Å². The van der Waals surface area contributed by atoms with Crippen LogP contribution in [0.15, 0.2) is 6.20 Å². The van der Waals surface area contributed by atoms with Crippen LogP contribution >= 0.6 is 0 Å². The maximum Gasteiger partial charge on any atom is 0.434 e. The summed E-state index contributed by atoms with van der Waals surface area (Å²) in [5, 5.41) is 0. The molecule has 0 saturated carbocycles. The molecule has 2 rings (SSSR count). The van der Waals surface area contributed by atoms with E-state index in [9.17, 15) is 13.2 Å². The second-order valence-corrected chi connectivity index (χ2v) is 5.98. The zero-order valence-electron chi connectivity index (χ0n) is 11.0. The molecule has 0 unspecified atom stereocenters. The molecule has 1 aromatic heterocycles. The van der Waals surface area contributed by atoms with Crippen LogP contribution in [0.5, 0.6) is 0 Å². The number of likely N-dealkylation sites (N-methyl/N-ethyl adjacent to an activating group) is 1. The van der Waals surface area contributed by atoms with Gasteiger partial charge >= 0.3 is 6.18 Å². The van der Waals surface area contributed by atoms with Crippen LogP contribution in [0.4, 0.5) is 13.2 Å². The number of hydrogen-bond acceptors (Lipinski definition) is 2. The Morgan fingerprint density at radius 1 is 1.22 bits per heavy atom. The van der Waals surface area contributed by atoms with Crippen LogP contribution in [-0.4, -0.2) is 34.6 Å². The molecule has 0 atom stereocenters. The quantitative estimate of drug-likeness (QED) is 0.775. The first-order chi connectivity index (χ1) is 8.09. The molecule has 1 aliphatic heterocycles. The van der Waals surface area contributed by atoms with Crippen molar-refractivity contribution in [3.63, 3.8) is 0 Å². The Kier molecular flexibility index (Phi) is 2.96. The first-order valence-corrected chi connectivity index (χ1v) is 5.94. The Morgan fingerprint density at radius 2 is 1.78 bits per heavy atom. The smallest absolute Gasteiger partial charge is 0.328 e. The van der Waals surface area contributed by atoms with Gasteiger partial charge in [0.2, 0.25) is 0 Å². The Balaban J connectivity index is 2.40. The number of aromatic nitrogens is 2. The van der Waals surface area contributed by atoms with E-state index in [1.54, 1.807) is 4.57 Å². The highest BCUT2D eigenvalue weighted by Crippen LogP contribution is 2.34. The molecule has 0 radical (unpaired) electrons. The van der Waals surface area contributed by atoms with E-state index in [2.05, 4.69) is 9.88 Å². The van der Waals surface area contributed by atoms with Crippen molar-refractivity contribution >= 4 is 0 Å². The van der Waals surface area contributed by atoms with Crippen molar-refractivity contribution in [2.45, 2.75) is 38.4 Å². The van der Waals surface area contributed by atoms with Gasteiger partial charge in [0.05, 0.1) is 6.04 Å². The van der Waals surface area contributed by atoms with Crippen LogP contribution in [-0.2, 0) is 11.6 Å². The van der Waals surface area contributed by atoms with Crippen molar-refractivity contribution in [2.75, 3.05) is 20.1 Å². The van der Waals surface area contributed by atoms with E-state index in [1.165, 1.54) is 0 Å². The highest BCUT2D eigenvalue weighted by molar-refractivity contribution is 5.16. The van der Waals surface area contributed by atoms with Crippen LogP contribution in [0.25, 0.3) is 0 Å². The molecular weight excluding hydrogens is 243 g/mol. The molecular formula is C12H18F3N3. The molecule has 1 aromatic rings. The molecule has 1 saturated heterocycles. The van der Waals surface area contributed by atoms with E-state index in [0.717, 1.165) is 19.3 Å². The lowest BCUT2D eigenvalue weighted by atomic mass is 9.94. The molecule has 0 aliphatic carbocycles. The Morgan fingerprint density at radius 3 is 2.17 bits per heavy atom. The van der Waals surface area contributed by atoms with Gasteiger partial charge in [-0.15, -0.1) is 0 Å². The first kappa shape index (κ1) is 13.4. The summed E-state index contributed by atoms with van der Waals surface area (Å²) in [6, 6.07) is 0.104. The van der Waals surface area contributed by atoms with E-state index in [1.807, 2.05) is 27.8 Å². The van der Waals surface area contributed by atoms with Gasteiger partial charge in [0.1, 0.15) is 5.82 Å². The Bertz CT molecular complexity index is 436. The van der Waals surface area contributed by atoms with Gasteiger partial charge in [-0.05, 0) is 7.05 Å². The van der Waals surface area contributed by atoms with Crippen LogP contribution < -0.4 is 0 Å². The summed E-state index contributed by atoms with van der Waals surface area (Å²) in [5.74, 6) is 0.507. The molecule has 0 aromatic carbocycles. The summed E-state index contributed by atoms with van der Waals surface area (Å²) in [7, 11) is 1.95. The fourth-order valence-electron chi connectivity index (χ4n) is 2.21. The van der Waals surface area contributed by atoms with Crippen molar-refractivity contribution in [3.8, 4) is 0 Å². The minimum Gasteiger partial charge on any atom is -0.328 e. The maximum atomic E-state index is 12.7. The van der Waals surface area contributed by atoms with Crippen molar-refractivity contribution in [1.29, 1.82) is 0 Å². The third-order valence-electron chi connectivity index (χ3n) is 3.13. The Hall–Kier alpha value is -1.04.